The van der Waals surface area contributed by atoms with Gasteiger partial charge in [0.15, 0.2) is 0 Å². The molecular weight excluding hydrogens is 240 g/mol. The van der Waals surface area contributed by atoms with E-state index >= 15 is 0 Å². The molecule has 1 atom stereocenters. The van der Waals surface area contributed by atoms with Crippen LogP contribution in [0.4, 0.5) is 8.78 Å². The maximum atomic E-state index is 12.3. The number of halogens is 3. The minimum Gasteiger partial charge on any atom is -0.319 e. The molecule has 0 aliphatic carbocycles. The molecule has 0 radical (unpaired) electrons. The maximum absolute atomic E-state index is 12.3. The second kappa shape index (κ2) is 4.15. The van der Waals surface area contributed by atoms with Crippen molar-refractivity contribution in [3.63, 3.8) is 0 Å². The van der Waals surface area contributed by atoms with Crippen LogP contribution in [0.2, 0.25) is 0 Å². The van der Waals surface area contributed by atoms with Gasteiger partial charge in [0, 0.05) is 4.47 Å². The van der Waals surface area contributed by atoms with Gasteiger partial charge in [-0.15, -0.1) is 0 Å². The van der Waals surface area contributed by atoms with Gasteiger partial charge in [0.1, 0.15) is 0 Å². The van der Waals surface area contributed by atoms with Crippen LogP contribution in [0, 0.1) is 6.92 Å². The van der Waals surface area contributed by atoms with Crippen molar-refractivity contribution in [2.45, 2.75) is 19.4 Å². The third kappa shape index (κ3) is 2.48. The first-order chi connectivity index (χ1) is 6.02. The van der Waals surface area contributed by atoms with Gasteiger partial charge in [0.25, 0.3) is 6.43 Å². The molecule has 1 nitrogen and oxygen atoms in total. The molecule has 0 saturated carbocycles. The fourth-order valence-corrected chi connectivity index (χ4v) is 1.57. The molecule has 0 saturated heterocycles. The lowest BCUT2D eigenvalue weighted by Crippen LogP contribution is -2.19. The number of rotatable bonds is 2. The largest absolute Gasteiger partial charge is 0.319 e. The Morgan fingerprint density at radius 1 is 1.38 bits per heavy atom. The predicted octanol–water partition coefficient (Wildman–Crippen LogP) is 3.02. The minimum atomic E-state index is -2.53. The monoisotopic (exact) mass is 249 g/mol. The number of hydrogen-bond donors (Lipinski definition) is 1. The van der Waals surface area contributed by atoms with Crippen molar-refractivity contribution < 1.29 is 8.78 Å². The maximum Gasteiger partial charge on any atom is 0.257 e. The standard InChI is InChI=1S/C9H10BrF2N/c1-5-2-3-7(10)6(4-5)8(13)9(11)12/h2-4,8-9H,13H2,1H3. The van der Waals surface area contributed by atoms with Crippen LogP contribution >= 0.6 is 15.9 Å². The normalized spacial score (nSPS) is 13.4. The van der Waals surface area contributed by atoms with Crippen molar-refractivity contribution in [2.24, 2.45) is 5.73 Å². The highest BCUT2D eigenvalue weighted by Crippen LogP contribution is 2.26. The molecule has 1 rings (SSSR count). The van der Waals surface area contributed by atoms with Crippen LogP contribution in [0.1, 0.15) is 17.2 Å². The Kier molecular flexibility index (Phi) is 3.39. The second-order valence-electron chi connectivity index (χ2n) is 2.89. The molecule has 0 bridgehead atoms. The molecule has 13 heavy (non-hydrogen) atoms. The molecule has 1 unspecified atom stereocenters. The fraction of sp³-hybridized carbons (Fsp3) is 0.333. The van der Waals surface area contributed by atoms with E-state index in [9.17, 15) is 8.78 Å². The molecule has 1 aromatic rings. The molecule has 0 fully saturated rings. The zero-order valence-corrected chi connectivity index (χ0v) is 8.68. The van der Waals surface area contributed by atoms with Gasteiger partial charge in [-0.25, -0.2) is 8.78 Å². The molecule has 0 aliphatic rings. The molecule has 0 aromatic heterocycles. The summed E-state index contributed by atoms with van der Waals surface area (Å²) >= 11 is 3.19. The number of nitrogens with two attached hydrogens (primary N) is 1. The van der Waals surface area contributed by atoms with E-state index in [0.717, 1.165) is 5.56 Å². The Balaban J connectivity index is 3.05. The van der Waals surface area contributed by atoms with Crippen molar-refractivity contribution >= 4 is 15.9 Å². The van der Waals surface area contributed by atoms with Gasteiger partial charge in [-0.2, -0.15) is 0 Å². The summed E-state index contributed by atoms with van der Waals surface area (Å²) in [6.07, 6.45) is -2.53. The summed E-state index contributed by atoms with van der Waals surface area (Å²) < 4.78 is 25.2. The molecule has 0 aliphatic heterocycles. The number of aryl methyl sites for hydroxylation is 1. The Labute approximate surface area is 84.1 Å². The van der Waals surface area contributed by atoms with Gasteiger partial charge < -0.3 is 5.73 Å². The Bertz CT molecular complexity index is 302. The zero-order valence-electron chi connectivity index (χ0n) is 7.10. The first-order valence-corrected chi connectivity index (χ1v) is 4.61. The zero-order chi connectivity index (χ0) is 10.0. The molecule has 72 valence electrons. The van der Waals surface area contributed by atoms with Gasteiger partial charge in [0.05, 0.1) is 6.04 Å². The van der Waals surface area contributed by atoms with Gasteiger partial charge in [0.2, 0.25) is 0 Å². The van der Waals surface area contributed by atoms with Crippen LogP contribution in [0.3, 0.4) is 0 Å². The predicted molar refractivity (Wildman–Crippen MR) is 51.8 cm³/mol. The van der Waals surface area contributed by atoms with Crippen molar-refractivity contribution in [1.82, 2.24) is 0 Å². The summed E-state index contributed by atoms with van der Waals surface area (Å²) in [5.74, 6) is 0. The fourth-order valence-electron chi connectivity index (χ4n) is 1.05. The summed E-state index contributed by atoms with van der Waals surface area (Å²) in [7, 11) is 0. The molecule has 1 aromatic carbocycles. The summed E-state index contributed by atoms with van der Waals surface area (Å²) in [6.45, 7) is 1.84. The van der Waals surface area contributed by atoms with E-state index in [4.69, 9.17) is 5.73 Å². The average Bonchev–Trinajstić information content (AvgIpc) is 2.08. The Morgan fingerprint density at radius 3 is 2.54 bits per heavy atom. The van der Waals surface area contributed by atoms with Gasteiger partial charge in [-0.05, 0) is 18.6 Å². The lowest BCUT2D eigenvalue weighted by atomic mass is 10.1. The van der Waals surface area contributed by atoms with Crippen molar-refractivity contribution in [2.75, 3.05) is 0 Å². The van der Waals surface area contributed by atoms with Gasteiger partial charge >= 0.3 is 0 Å². The Hall–Kier alpha value is -0.480. The van der Waals surface area contributed by atoms with E-state index in [1.165, 1.54) is 0 Å². The lowest BCUT2D eigenvalue weighted by molar-refractivity contribution is 0.116. The van der Waals surface area contributed by atoms with Gasteiger partial charge in [-0.3, -0.25) is 0 Å². The van der Waals surface area contributed by atoms with Crippen LogP contribution in [0.5, 0.6) is 0 Å². The van der Waals surface area contributed by atoms with E-state index in [1.807, 2.05) is 13.0 Å². The third-order valence-electron chi connectivity index (χ3n) is 1.78. The van der Waals surface area contributed by atoms with Crippen molar-refractivity contribution in [3.8, 4) is 0 Å². The SMILES string of the molecule is Cc1ccc(Br)c(C(N)C(F)F)c1. The van der Waals surface area contributed by atoms with Gasteiger partial charge in [-0.1, -0.05) is 33.6 Å². The van der Waals surface area contributed by atoms with E-state index < -0.39 is 12.5 Å². The minimum absolute atomic E-state index is 0.454. The van der Waals surface area contributed by atoms with Crippen LogP contribution in [0.15, 0.2) is 22.7 Å². The lowest BCUT2D eigenvalue weighted by Gasteiger charge is -2.13. The summed E-state index contributed by atoms with van der Waals surface area (Å²) in [5.41, 5.74) is 6.71. The third-order valence-corrected chi connectivity index (χ3v) is 2.50. The average molecular weight is 250 g/mol. The van der Waals surface area contributed by atoms with Crippen LogP contribution in [-0.2, 0) is 0 Å². The topological polar surface area (TPSA) is 26.0 Å². The van der Waals surface area contributed by atoms with Crippen molar-refractivity contribution in [1.29, 1.82) is 0 Å². The summed E-state index contributed by atoms with van der Waals surface area (Å²) in [6, 6.07) is 4.02. The first kappa shape index (κ1) is 10.6. The highest BCUT2D eigenvalue weighted by atomic mass is 79.9. The first-order valence-electron chi connectivity index (χ1n) is 3.82. The summed E-state index contributed by atoms with van der Waals surface area (Å²) in [5, 5.41) is 0. The smallest absolute Gasteiger partial charge is 0.257 e. The van der Waals surface area contributed by atoms with Crippen LogP contribution < -0.4 is 5.73 Å². The Morgan fingerprint density at radius 2 is 2.00 bits per heavy atom. The number of hydrogen-bond acceptors (Lipinski definition) is 1. The van der Waals surface area contributed by atoms with E-state index in [0.29, 0.717) is 10.0 Å². The van der Waals surface area contributed by atoms with E-state index in [1.54, 1.807) is 12.1 Å². The van der Waals surface area contributed by atoms with Crippen molar-refractivity contribution in [3.05, 3.63) is 33.8 Å². The molecule has 0 amide bonds. The van der Waals surface area contributed by atoms with Crippen LogP contribution in [0.25, 0.3) is 0 Å². The highest BCUT2D eigenvalue weighted by molar-refractivity contribution is 9.10. The highest BCUT2D eigenvalue weighted by Gasteiger charge is 2.19. The summed E-state index contributed by atoms with van der Waals surface area (Å²) in [4.78, 5) is 0. The van der Waals surface area contributed by atoms with E-state index in [-0.39, 0.29) is 0 Å². The molecule has 0 heterocycles. The number of alkyl halides is 2. The molecule has 2 N–H and O–H groups in total. The number of benzene rings is 1. The van der Waals surface area contributed by atoms with Crippen LogP contribution in [-0.4, -0.2) is 6.43 Å². The molecule has 0 spiro atoms. The molecular formula is C9H10BrF2N. The van der Waals surface area contributed by atoms with E-state index in [2.05, 4.69) is 15.9 Å². The second-order valence-corrected chi connectivity index (χ2v) is 3.74. The molecule has 4 heteroatoms. The quantitative estimate of drug-likeness (QED) is 0.857.